The molecule has 6 nitrogen and oxygen atoms in total. The van der Waals surface area contributed by atoms with Crippen molar-refractivity contribution in [1.29, 1.82) is 0 Å². The van der Waals surface area contributed by atoms with E-state index in [-0.39, 0.29) is 5.91 Å². The number of nitrogens with zero attached hydrogens (tertiary/aromatic N) is 2. The summed E-state index contributed by atoms with van der Waals surface area (Å²) in [6.07, 6.45) is 1.57. The quantitative estimate of drug-likeness (QED) is 0.153. The number of carbonyl (C=O) groups excluding carboxylic acids is 1. The van der Waals surface area contributed by atoms with Gasteiger partial charge in [0.2, 0.25) is 0 Å². The van der Waals surface area contributed by atoms with Crippen molar-refractivity contribution in [1.82, 2.24) is 10.4 Å². The summed E-state index contributed by atoms with van der Waals surface area (Å²) in [6.45, 7) is 2.48. The molecular formula is C25H19Br2ClN4O2S. The van der Waals surface area contributed by atoms with Crippen molar-refractivity contribution in [2.24, 2.45) is 5.10 Å². The molecule has 0 saturated carbocycles. The normalized spacial score (nSPS) is 11.0. The van der Waals surface area contributed by atoms with Gasteiger partial charge in [-0.1, -0.05) is 23.7 Å². The van der Waals surface area contributed by atoms with Crippen LogP contribution in [0.25, 0.3) is 11.3 Å². The van der Waals surface area contributed by atoms with E-state index < -0.39 is 0 Å². The zero-order chi connectivity index (χ0) is 24.8. The summed E-state index contributed by atoms with van der Waals surface area (Å²) in [4.78, 5) is 17.1. The number of hydrogen-bond acceptors (Lipinski definition) is 6. The van der Waals surface area contributed by atoms with Gasteiger partial charge < -0.3 is 10.1 Å². The lowest BCUT2D eigenvalue weighted by Gasteiger charge is -2.09. The molecule has 0 fully saturated rings. The Hall–Kier alpha value is -2.72. The van der Waals surface area contributed by atoms with Gasteiger partial charge in [-0.15, -0.1) is 11.3 Å². The first-order chi connectivity index (χ1) is 16.9. The van der Waals surface area contributed by atoms with Crippen molar-refractivity contribution in [3.8, 4) is 17.0 Å². The molecule has 178 valence electrons. The lowest BCUT2D eigenvalue weighted by atomic mass is 10.1. The molecule has 0 bridgehead atoms. The van der Waals surface area contributed by atoms with Crippen LogP contribution in [0.15, 0.2) is 80.1 Å². The molecule has 0 atom stereocenters. The van der Waals surface area contributed by atoms with Crippen LogP contribution in [0.4, 0.5) is 10.8 Å². The van der Waals surface area contributed by atoms with Crippen LogP contribution in [0.5, 0.6) is 5.75 Å². The van der Waals surface area contributed by atoms with E-state index in [1.54, 1.807) is 18.3 Å². The molecule has 0 spiro atoms. The van der Waals surface area contributed by atoms with E-state index in [1.165, 1.54) is 11.3 Å². The Balaban J connectivity index is 1.37. The van der Waals surface area contributed by atoms with Crippen LogP contribution in [0.2, 0.25) is 5.02 Å². The molecule has 0 saturated heterocycles. The Kier molecular flexibility index (Phi) is 8.56. The number of nitrogens with one attached hydrogen (secondary N) is 2. The van der Waals surface area contributed by atoms with Crippen molar-refractivity contribution in [3.05, 3.63) is 91.1 Å². The molecule has 3 aromatic carbocycles. The highest BCUT2D eigenvalue weighted by molar-refractivity contribution is 9.11. The fraction of sp³-hybridized carbons (Fsp3) is 0.0800. The van der Waals surface area contributed by atoms with E-state index in [1.807, 2.05) is 60.8 Å². The molecule has 1 heterocycles. The Morgan fingerprint density at radius 3 is 2.46 bits per heavy atom. The third-order valence-corrected chi connectivity index (χ3v) is 6.92. The molecule has 35 heavy (non-hydrogen) atoms. The Morgan fingerprint density at radius 2 is 1.80 bits per heavy atom. The third kappa shape index (κ3) is 6.70. The van der Waals surface area contributed by atoms with Gasteiger partial charge >= 0.3 is 0 Å². The average molecular weight is 635 g/mol. The molecule has 1 amide bonds. The number of ether oxygens (including phenoxy) is 1. The number of anilines is 2. The molecule has 4 aromatic rings. The van der Waals surface area contributed by atoms with Gasteiger partial charge in [0.25, 0.3) is 5.91 Å². The molecule has 4 rings (SSSR count). The zero-order valence-electron chi connectivity index (χ0n) is 18.4. The lowest BCUT2D eigenvalue weighted by Crippen LogP contribution is -2.17. The number of carbonyl (C=O) groups is 1. The summed E-state index contributed by atoms with van der Waals surface area (Å²) < 4.78 is 7.17. The molecule has 0 unspecified atom stereocenters. The van der Waals surface area contributed by atoms with Gasteiger partial charge in [-0.05, 0) is 92.9 Å². The van der Waals surface area contributed by atoms with Crippen LogP contribution >= 0.6 is 54.8 Å². The van der Waals surface area contributed by atoms with Crippen LogP contribution < -0.4 is 15.5 Å². The summed E-state index contributed by atoms with van der Waals surface area (Å²) in [6, 6.07) is 18.4. The first-order valence-corrected chi connectivity index (χ1v) is 13.3. The molecule has 10 heteroatoms. The summed E-state index contributed by atoms with van der Waals surface area (Å²) >= 11 is 14.4. The molecule has 0 radical (unpaired) electrons. The van der Waals surface area contributed by atoms with Gasteiger partial charge in [0, 0.05) is 27.2 Å². The minimum atomic E-state index is -0.305. The van der Waals surface area contributed by atoms with Crippen molar-refractivity contribution >= 4 is 77.7 Å². The second-order valence-corrected chi connectivity index (χ2v) is 10.2. The summed E-state index contributed by atoms with van der Waals surface area (Å²) in [5.41, 5.74) is 6.50. The first kappa shape index (κ1) is 25.4. The molecule has 0 aliphatic heterocycles. The van der Waals surface area contributed by atoms with Gasteiger partial charge in [-0.3, -0.25) is 4.79 Å². The smallest absolute Gasteiger partial charge is 0.271 e. The molecular weight excluding hydrogens is 616 g/mol. The third-order valence-electron chi connectivity index (χ3n) is 4.73. The predicted octanol–water partition coefficient (Wildman–Crippen LogP) is 7.89. The topological polar surface area (TPSA) is 75.6 Å². The Bertz CT molecular complexity index is 1340. The lowest BCUT2D eigenvalue weighted by molar-refractivity contribution is 0.0955. The van der Waals surface area contributed by atoms with Crippen LogP contribution in [0, 0.1) is 0 Å². The highest BCUT2D eigenvalue weighted by Gasteiger charge is 2.10. The van der Waals surface area contributed by atoms with E-state index >= 15 is 0 Å². The molecule has 2 N–H and O–H groups in total. The minimum Gasteiger partial charge on any atom is -0.492 e. The summed E-state index contributed by atoms with van der Waals surface area (Å²) in [5.74, 6) is 0.419. The van der Waals surface area contributed by atoms with Gasteiger partial charge in [-0.2, -0.15) is 5.10 Å². The maximum Gasteiger partial charge on any atom is 0.271 e. The van der Waals surface area contributed by atoms with E-state index in [4.69, 9.17) is 16.3 Å². The predicted molar refractivity (Wildman–Crippen MR) is 150 cm³/mol. The van der Waals surface area contributed by atoms with Crippen LogP contribution in [-0.4, -0.2) is 23.7 Å². The molecule has 0 aliphatic carbocycles. The van der Waals surface area contributed by atoms with Crippen LogP contribution in [-0.2, 0) is 0 Å². The van der Waals surface area contributed by atoms with Crippen molar-refractivity contribution in [3.63, 3.8) is 0 Å². The SMILES string of the molecule is CCOc1c(Br)cc(/C=N\NC(=O)c2ccc(-c3csc(Nc4ccc(Cl)cc4)n3)cc2)cc1Br. The second kappa shape index (κ2) is 11.8. The highest BCUT2D eigenvalue weighted by atomic mass is 79.9. The standard InChI is InChI=1S/C25H19Br2ClN4O2S/c1-2-34-23-20(26)11-15(12-21(23)27)13-29-32-24(33)17-5-3-16(4-6-17)22-14-35-25(31-22)30-19-9-7-18(28)8-10-19/h3-14H,2H2,1H3,(H,30,31)(H,32,33)/b29-13-. The molecule has 1 aromatic heterocycles. The number of thiazole rings is 1. The fourth-order valence-electron chi connectivity index (χ4n) is 3.08. The van der Waals surface area contributed by atoms with Crippen LogP contribution in [0.3, 0.4) is 0 Å². The second-order valence-electron chi connectivity index (χ2n) is 7.19. The van der Waals surface area contributed by atoms with Gasteiger partial charge in [-0.25, -0.2) is 10.4 Å². The highest BCUT2D eigenvalue weighted by Crippen LogP contribution is 2.34. The van der Waals surface area contributed by atoms with E-state index in [2.05, 4.69) is 52.7 Å². The Morgan fingerprint density at radius 1 is 1.11 bits per heavy atom. The summed E-state index contributed by atoms with van der Waals surface area (Å²) in [5, 5.41) is 10.7. The largest absolute Gasteiger partial charge is 0.492 e. The Labute approximate surface area is 228 Å². The van der Waals surface area contributed by atoms with Crippen molar-refractivity contribution in [2.45, 2.75) is 6.92 Å². The number of halogens is 3. The maximum atomic E-state index is 12.5. The number of hydrogen-bond donors (Lipinski definition) is 2. The maximum absolute atomic E-state index is 12.5. The van der Waals surface area contributed by atoms with Crippen molar-refractivity contribution < 1.29 is 9.53 Å². The van der Waals surface area contributed by atoms with Gasteiger partial charge in [0.1, 0.15) is 5.75 Å². The van der Waals surface area contributed by atoms with E-state index in [0.29, 0.717) is 17.2 Å². The number of hydrazone groups is 1. The number of amides is 1. The molecule has 0 aliphatic rings. The summed E-state index contributed by atoms with van der Waals surface area (Å²) in [7, 11) is 0. The van der Waals surface area contributed by atoms with Gasteiger partial charge in [0.15, 0.2) is 5.13 Å². The van der Waals surface area contributed by atoms with E-state index in [0.717, 1.165) is 42.3 Å². The van der Waals surface area contributed by atoms with Crippen molar-refractivity contribution in [2.75, 3.05) is 11.9 Å². The van der Waals surface area contributed by atoms with Gasteiger partial charge in [0.05, 0.1) is 27.5 Å². The average Bonchev–Trinajstić information content (AvgIpc) is 3.31. The number of benzene rings is 3. The monoisotopic (exact) mass is 632 g/mol. The van der Waals surface area contributed by atoms with E-state index in [9.17, 15) is 4.79 Å². The fourth-order valence-corrected chi connectivity index (χ4v) is 5.40. The number of aromatic nitrogens is 1. The first-order valence-electron chi connectivity index (χ1n) is 10.5. The van der Waals surface area contributed by atoms with Crippen LogP contribution in [0.1, 0.15) is 22.8 Å². The number of rotatable bonds is 8. The zero-order valence-corrected chi connectivity index (χ0v) is 23.1. The minimum absolute atomic E-state index is 0.305.